The zero-order valence-corrected chi connectivity index (χ0v) is 13.7. The second-order valence-electron chi connectivity index (χ2n) is 5.89. The average molecular weight is 314 g/mol. The summed E-state index contributed by atoms with van der Waals surface area (Å²) in [5, 5.41) is 0. The third-order valence-electron chi connectivity index (χ3n) is 3.91. The van der Waals surface area contributed by atoms with E-state index in [1.807, 2.05) is 0 Å². The molecule has 0 unspecified atom stereocenters. The molecule has 2 heteroatoms. The fourth-order valence-corrected chi connectivity index (χ4v) is 2.53. The Hall–Kier alpha value is -1.96. The molecule has 0 atom stereocenters. The highest BCUT2D eigenvalue weighted by atomic mass is 19.2. The van der Waals surface area contributed by atoms with Crippen molar-refractivity contribution < 1.29 is 8.78 Å². The zero-order chi connectivity index (χ0) is 16.5. The van der Waals surface area contributed by atoms with E-state index in [4.69, 9.17) is 0 Å². The van der Waals surface area contributed by atoms with Gasteiger partial charge in [-0.1, -0.05) is 55.8 Å². The van der Waals surface area contributed by atoms with E-state index in [0.717, 1.165) is 37.7 Å². The molecule has 2 aromatic rings. The van der Waals surface area contributed by atoms with Crippen LogP contribution in [-0.4, -0.2) is 0 Å². The highest BCUT2D eigenvalue weighted by Crippen LogP contribution is 2.14. The first-order valence-corrected chi connectivity index (χ1v) is 8.38. The monoisotopic (exact) mass is 314 g/mol. The molecule has 0 saturated carbocycles. The smallest absolute Gasteiger partial charge is 0.159 e. The molecule has 0 heterocycles. The molecule has 0 aliphatic rings. The summed E-state index contributed by atoms with van der Waals surface area (Å²) in [5.74, 6) is -1.53. The normalized spacial score (nSPS) is 11.3. The molecule has 0 fully saturated rings. The lowest BCUT2D eigenvalue weighted by Crippen LogP contribution is -1.92. The topological polar surface area (TPSA) is 0 Å². The van der Waals surface area contributed by atoms with Gasteiger partial charge >= 0.3 is 0 Å². The van der Waals surface area contributed by atoms with Crippen molar-refractivity contribution in [2.45, 2.75) is 45.4 Å². The van der Waals surface area contributed by atoms with E-state index in [0.29, 0.717) is 0 Å². The number of rotatable bonds is 8. The molecule has 2 rings (SSSR count). The van der Waals surface area contributed by atoms with Gasteiger partial charge in [-0.2, -0.15) is 0 Å². The standard InChI is InChI=1S/C21H24F2/c1-2-3-4-7-17-10-12-18(13-11-17)8-5-6-9-19-14-15-20(22)21(23)16-19/h4,7,10-16H,2-3,5-6,8-9H2,1H3/b7-4+. The van der Waals surface area contributed by atoms with Crippen LogP contribution in [0.2, 0.25) is 0 Å². The van der Waals surface area contributed by atoms with Gasteiger partial charge in [0.1, 0.15) is 0 Å². The van der Waals surface area contributed by atoms with Gasteiger partial charge in [-0.3, -0.25) is 0 Å². The molecule has 0 bridgehead atoms. The Kier molecular flexibility index (Phi) is 6.99. The number of aryl methyl sites for hydroxylation is 2. The summed E-state index contributed by atoms with van der Waals surface area (Å²) in [4.78, 5) is 0. The number of halogens is 2. The molecule has 0 aromatic heterocycles. The van der Waals surface area contributed by atoms with Crippen molar-refractivity contribution in [1.82, 2.24) is 0 Å². The van der Waals surface area contributed by atoms with E-state index in [1.54, 1.807) is 6.07 Å². The van der Waals surface area contributed by atoms with Gasteiger partial charge < -0.3 is 0 Å². The van der Waals surface area contributed by atoms with Crippen molar-refractivity contribution >= 4 is 6.08 Å². The number of allylic oxidation sites excluding steroid dienone is 1. The maximum Gasteiger partial charge on any atom is 0.159 e. The van der Waals surface area contributed by atoms with Gasteiger partial charge in [0.15, 0.2) is 11.6 Å². The van der Waals surface area contributed by atoms with E-state index in [1.165, 1.54) is 29.7 Å². The van der Waals surface area contributed by atoms with E-state index in [9.17, 15) is 8.78 Å². The third-order valence-corrected chi connectivity index (χ3v) is 3.91. The average Bonchev–Trinajstić information content (AvgIpc) is 2.56. The van der Waals surface area contributed by atoms with Crippen molar-refractivity contribution in [2.75, 3.05) is 0 Å². The van der Waals surface area contributed by atoms with Gasteiger partial charge in [-0.05, 0) is 60.9 Å². The molecule has 0 N–H and O–H groups in total. The number of benzene rings is 2. The second-order valence-corrected chi connectivity index (χ2v) is 5.89. The Morgan fingerprint density at radius 3 is 2.13 bits per heavy atom. The fraction of sp³-hybridized carbons (Fsp3) is 0.333. The molecule has 0 amide bonds. The van der Waals surface area contributed by atoms with Crippen molar-refractivity contribution in [1.29, 1.82) is 0 Å². The summed E-state index contributed by atoms with van der Waals surface area (Å²) in [7, 11) is 0. The molecular weight excluding hydrogens is 290 g/mol. The predicted octanol–water partition coefficient (Wildman–Crippen LogP) is 6.34. The van der Waals surface area contributed by atoms with Crippen LogP contribution in [0.1, 0.15) is 49.3 Å². The Bertz CT molecular complexity index is 627. The summed E-state index contributed by atoms with van der Waals surface area (Å²) in [6, 6.07) is 12.8. The summed E-state index contributed by atoms with van der Waals surface area (Å²) < 4.78 is 26.0. The lowest BCUT2D eigenvalue weighted by atomic mass is 10.0. The van der Waals surface area contributed by atoms with Crippen molar-refractivity contribution in [3.05, 3.63) is 76.9 Å². The third kappa shape index (κ3) is 5.97. The van der Waals surface area contributed by atoms with Crippen LogP contribution in [-0.2, 0) is 12.8 Å². The minimum atomic E-state index is -0.776. The molecule has 2 aromatic carbocycles. The van der Waals surface area contributed by atoms with Gasteiger partial charge in [0.2, 0.25) is 0 Å². The lowest BCUT2D eigenvalue weighted by molar-refractivity contribution is 0.506. The van der Waals surface area contributed by atoms with Crippen LogP contribution in [0.4, 0.5) is 8.78 Å². The fourth-order valence-electron chi connectivity index (χ4n) is 2.53. The quantitative estimate of drug-likeness (QED) is 0.498. The van der Waals surface area contributed by atoms with E-state index in [2.05, 4.69) is 43.3 Å². The molecule has 0 aliphatic carbocycles. The first-order chi connectivity index (χ1) is 11.2. The van der Waals surface area contributed by atoms with Gasteiger partial charge in [0, 0.05) is 0 Å². The Balaban J connectivity index is 1.74. The summed E-state index contributed by atoms with van der Waals surface area (Å²) in [5.41, 5.74) is 3.42. The Morgan fingerprint density at radius 2 is 1.48 bits per heavy atom. The first-order valence-electron chi connectivity index (χ1n) is 8.38. The highest BCUT2D eigenvalue weighted by Gasteiger charge is 2.02. The maximum atomic E-state index is 13.1. The minimum absolute atomic E-state index is 0.755. The molecule has 0 nitrogen and oxygen atoms in total. The van der Waals surface area contributed by atoms with Crippen LogP contribution in [0, 0.1) is 11.6 Å². The van der Waals surface area contributed by atoms with E-state index < -0.39 is 11.6 Å². The molecule has 0 spiro atoms. The van der Waals surface area contributed by atoms with E-state index in [-0.39, 0.29) is 0 Å². The Morgan fingerprint density at radius 1 is 0.826 bits per heavy atom. The Labute approximate surface area is 137 Å². The van der Waals surface area contributed by atoms with Crippen LogP contribution in [0.5, 0.6) is 0 Å². The van der Waals surface area contributed by atoms with Gasteiger partial charge in [-0.15, -0.1) is 0 Å². The maximum absolute atomic E-state index is 13.1. The molecule has 0 radical (unpaired) electrons. The van der Waals surface area contributed by atoms with Gasteiger partial charge in [-0.25, -0.2) is 8.78 Å². The minimum Gasteiger partial charge on any atom is -0.204 e. The van der Waals surface area contributed by atoms with Crippen molar-refractivity contribution in [3.8, 4) is 0 Å². The molecule has 0 saturated heterocycles. The largest absolute Gasteiger partial charge is 0.204 e. The number of hydrogen-bond acceptors (Lipinski definition) is 0. The van der Waals surface area contributed by atoms with Crippen LogP contribution >= 0.6 is 0 Å². The molecule has 23 heavy (non-hydrogen) atoms. The van der Waals surface area contributed by atoms with Crippen LogP contribution in [0.15, 0.2) is 48.5 Å². The zero-order valence-electron chi connectivity index (χ0n) is 13.7. The molecule has 0 aliphatic heterocycles. The van der Waals surface area contributed by atoms with Gasteiger partial charge in [0.25, 0.3) is 0 Å². The lowest BCUT2D eigenvalue weighted by Gasteiger charge is -2.04. The predicted molar refractivity (Wildman–Crippen MR) is 93.4 cm³/mol. The van der Waals surface area contributed by atoms with Gasteiger partial charge in [0.05, 0.1) is 0 Å². The number of unbranched alkanes of at least 4 members (excludes halogenated alkanes) is 2. The highest BCUT2D eigenvalue weighted by molar-refractivity contribution is 5.49. The van der Waals surface area contributed by atoms with Crippen molar-refractivity contribution in [3.63, 3.8) is 0 Å². The van der Waals surface area contributed by atoms with Crippen LogP contribution in [0.3, 0.4) is 0 Å². The first kappa shape index (κ1) is 17.4. The second kappa shape index (κ2) is 9.24. The SMILES string of the molecule is CCC/C=C/c1ccc(CCCCc2ccc(F)c(F)c2)cc1. The van der Waals surface area contributed by atoms with Crippen molar-refractivity contribution in [2.24, 2.45) is 0 Å². The molecular formula is C21H24F2. The van der Waals surface area contributed by atoms with Crippen LogP contribution < -0.4 is 0 Å². The summed E-state index contributed by atoms with van der Waals surface area (Å²) in [6.07, 6.45) is 10.5. The molecule has 122 valence electrons. The summed E-state index contributed by atoms with van der Waals surface area (Å²) in [6.45, 7) is 2.17. The van der Waals surface area contributed by atoms with E-state index >= 15 is 0 Å². The summed E-state index contributed by atoms with van der Waals surface area (Å²) >= 11 is 0. The number of hydrogen-bond donors (Lipinski definition) is 0. The van der Waals surface area contributed by atoms with Crippen LogP contribution in [0.25, 0.3) is 6.08 Å².